The van der Waals surface area contributed by atoms with E-state index < -0.39 is 4.33 Å². The van der Waals surface area contributed by atoms with Gasteiger partial charge in [0.25, 0.3) is 0 Å². The molecule has 1 fully saturated rings. The highest BCUT2D eigenvalue weighted by molar-refractivity contribution is 6.50. The summed E-state index contributed by atoms with van der Waals surface area (Å²) in [5, 5.41) is 0. The minimum Gasteiger partial charge on any atom is -0.301 e. The molecule has 0 bridgehead atoms. The van der Waals surface area contributed by atoms with Gasteiger partial charge in [-0.05, 0) is 26.4 Å². The molecule has 2 unspecified atom stereocenters. The fourth-order valence-electron chi connectivity index (χ4n) is 1.81. The van der Waals surface area contributed by atoms with Gasteiger partial charge in [0.15, 0.2) is 0 Å². The summed E-state index contributed by atoms with van der Waals surface area (Å²) in [5.41, 5.74) is 0. The maximum Gasteiger partial charge on any atom is 0.123 e. The number of alkyl halides is 2. The van der Waals surface area contributed by atoms with Gasteiger partial charge in [-0.2, -0.15) is 0 Å². The zero-order valence-corrected chi connectivity index (χ0v) is 9.49. The van der Waals surface area contributed by atoms with Crippen molar-refractivity contribution in [1.29, 1.82) is 0 Å². The molecule has 0 saturated heterocycles. The van der Waals surface area contributed by atoms with E-state index in [-0.39, 0.29) is 0 Å². The third-order valence-electron chi connectivity index (χ3n) is 2.85. The van der Waals surface area contributed by atoms with Crippen molar-refractivity contribution in [2.45, 2.75) is 37.6 Å². The lowest BCUT2D eigenvalue weighted by atomic mass is 10.2. The van der Waals surface area contributed by atoms with Crippen molar-refractivity contribution in [3.05, 3.63) is 0 Å². The van der Waals surface area contributed by atoms with E-state index in [4.69, 9.17) is 23.2 Å². The molecule has 0 aromatic carbocycles. The second-order valence-corrected chi connectivity index (χ2v) is 5.08. The predicted octanol–water partition coefficient (Wildman–Crippen LogP) is 2.91. The van der Waals surface area contributed by atoms with Crippen LogP contribution in [0.15, 0.2) is 0 Å². The van der Waals surface area contributed by atoms with E-state index in [1.54, 1.807) is 0 Å². The molecule has 0 spiro atoms. The maximum absolute atomic E-state index is 6.00. The highest BCUT2D eigenvalue weighted by Crippen LogP contribution is 2.55. The number of halogens is 2. The molecule has 2 atom stereocenters. The van der Waals surface area contributed by atoms with Crippen LogP contribution in [0.2, 0.25) is 0 Å². The van der Waals surface area contributed by atoms with E-state index in [1.807, 2.05) is 0 Å². The van der Waals surface area contributed by atoms with Gasteiger partial charge in [0, 0.05) is 12.0 Å². The first kappa shape index (κ1) is 10.6. The molecule has 12 heavy (non-hydrogen) atoms. The number of nitrogens with zero attached hydrogens (tertiary/aromatic N) is 1. The minimum atomic E-state index is -0.429. The molecule has 1 nitrogen and oxygen atoms in total. The van der Waals surface area contributed by atoms with Crippen LogP contribution in [0.25, 0.3) is 0 Å². The van der Waals surface area contributed by atoms with Gasteiger partial charge in [0.2, 0.25) is 0 Å². The van der Waals surface area contributed by atoms with Crippen LogP contribution in [0.4, 0.5) is 0 Å². The van der Waals surface area contributed by atoms with Gasteiger partial charge in [-0.25, -0.2) is 0 Å². The molecule has 0 aromatic heterocycles. The summed E-state index contributed by atoms with van der Waals surface area (Å²) < 4.78 is -0.429. The SMILES string of the molecule is CCN(CC)C(C)C1CC1(Cl)Cl. The van der Waals surface area contributed by atoms with Crippen LogP contribution in [0, 0.1) is 5.92 Å². The molecule has 0 aliphatic heterocycles. The summed E-state index contributed by atoms with van der Waals surface area (Å²) in [6, 6.07) is 0.523. The zero-order chi connectivity index (χ0) is 9.35. The number of hydrogen-bond acceptors (Lipinski definition) is 1. The molecule has 72 valence electrons. The van der Waals surface area contributed by atoms with Gasteiger partial charge in [0.05, 0.1) is 0 Å². The average Bonchev–Trinajstić information content (AvgIpc) is 2.62. The fraction of sp³-hybridized carbons (Fsp3) is 1.00. The maximum atomic E-state index is 6.00. The summed E-state index contributed by atoms with van der Waals surface area (Å²) in [4.78, 5) is 2.40. The van der Waals surface area contributed by atoms with Crippen LogP contribution < -0.4 is 0 Å². The van der Waals surface area contributed by atoms with E-state index in [0.29, 0.717) is 12.0 Å². The molecule has 0 aromatic rings. The van der Waals surface area contributed by atoms with Crippen molar-refractivity contribution in [1.82, 2.24) is 4.90 Å². The van der Waals surface area contributed by atoms with Crippen molar-refractivity contribution >= 4 is 23.2 Å². The van der Waals surface area contributed by atoms with Crippen LogP contribution in [0.5, 0.6) is 0 Å². The third-order valence-corrected chi connectivity index (χ3v) is 3.71. The molecule has 0 radical (unpaired) electrons. The number of hydrogen-bond donors (Lipinski definition) is 0. The van der Waals surface area contributed by atoms with Gasteiger partial charge in [-0.15, -0.1) is 23.2 Å². The average molecular weight is 210 g/mol. The van der Waals surface area contributed by atoms with Crippen molar-refractivity contribution in [2.75, 3.05) is 13.1 Å². The quantitative estimate of drug-likeness (QED) is 0.645. The smallest absolute Gasteiger partial charge is 0.123 e. The third kappa shape index (κ3) is 2.07. The molecule has 0 N–H and O–H groups in total. The summed E-state index contributed by atoms with van der Waals surface area (Å²) in [6.07, 6.45) is 0.952. The van der Waals surface area contributed by atoms with Gasteiger partial charge in [-0.3, -0.25) is 0 Å². The summed E-state index contributed by atoms with van der Waals surface area (Å²) in [6.45, 7) is 8.72. The molecule has 3 heteroatoms. The first-order valence-corrected chi connectivity index (χ1v) is 5.40. The molecule has 1 rings (SSSR count). The summed E-state index contributed by atoms with van der Waals surface area (Å²) in [7, 11) is 0. The Bertz CT molecular complexity index is 153. The minimum absolute atomic E-state index is 0.429. The lowest BCUT2D eigenvalue weighted by Gasteiger charge is -2.26. The van der Waals surface area contributed by atoms with E-state index in [9.17, 15) is 0 Å². The van der Waals surface area contributed by atoms with Crippen LogP contribution >= 0.6 is 23.2 Å². The number of rotatable bonds is 4. The summed E-state index contributed by atoms with van der Waals surface area (Å²) in [5.74, 6) is 0.473. The Labute approximate surface area is 85.0 Å². The second-order valence-electron chi connectivity index (χ2n) is 3.53. The van der Waals surface area contributed by atoms with Crippen molar-refractivity contribution < 1.29 is 0 Å². The largest absolute Gasteiger partial charge is 0.301 e. The second kappa shape index (κ2) is 3.73. The van der Waals surface area contributed by atoms with E-state index in [2.05, 4.69) is 25.7 Å². The zero-order valence-electron chi connectivity index (χ0n) is 7.98. The Hall–Kier alpha value is 0.540. The Kier molecular flexibility index (Phi) is 3.30. The van der Waals surface area contributed by atoms with E-state index in [0.717, 1.165) is 19.5 Å². The van der Waals surface area contributed by atoms with Gasteiger partial charge in [0.1, 0.15) is 4.33 Å². The molecule has 0 amide bonds. The van der Waals surface area contributed by atoms with Gasteiger partial charge < -0.3 is 4.90 Å². The van der Waals surface area contributed by atoms with E-state index in [1.165, 1.54) is 0 Å². The molecular weight excluding hydrogens is 193 g/mol. The van der Waals surface area contributed by atoms with Crippen LogP contribution in [0.1, 0.15) is 27.2 Å². The molecule has 1 saturated carbocycles. The Morgan fingerprint density at radius 3 is 2.08 bits per heavy atom. The lowest BCUT2D eigenvalue weighted by Crippen LogP contribution is -2.35. The predicted molar refractivity (Wildman–Crippen MR) is 54.9 cm³/mol. The Balaban J connectivity index is 2.43. The molecule has 1 aliphatic carbocycles. The van der Waals surface area contributed by atoms with Crippen molar-refractivity contribution in [3.8, 4) is 0 Å². The molecule has 0 heterocycles. The van der Waals surface area contributed by atoms with Crippen molar-refractivity contribution in [3.63, 3.8) is 0 Å². The monoisotopic (exact) mass is 209 g/mol. The highest BCUT2D eigenvalue weighted by Gasteiger charge is 2.55. The van der Waals surface area contributed by atoms with Crippen LogP contribution in [0.3, 0.4) is 0 Å². The molecule has 1 aliphatic rings. The van der Waals surface area contributed by atoms with E-state index >= 15 is 0 Å². The normalized spacial score (nSPS) is 29.0. The summed E-state index contributed by atoms with van der Waals surface area (Å²) >= 11 is 12.0. The van der Waals surface area contributed by atoms with Gasteiger partial charge in [-0.1, -0.05) is 13.8 Å². The lowest BCUT2D eigenvalue weighted by molar-refractivity contribution is 0.209. The van der Waals surface area contributed by atoms with Gasteiger partial charge >= 0.3 is 0 Å². The highest BCUT2D eigenvalue weighted by atomic mass is 35.5. The topological polar surface area (TPSA) is 3.24 Å². The van der Waals surface area contributed by atoms with Crippen LogP contribution in [-0.2, 0) is 0 Å². The first-order valence-electron chi connectivity index (χ1n) is 4.64. The first-order chi connectivity index (χ1) is 5.53. The Morgan fingerprint density at radius 2 is 1.83 bits per heavy atom. The fourth-order valence-corrected chi connectivity index (χ4v) is 2.51. The standard InChI is InChI=1S/C9H17Cl2N/c1-4-12(5-2)7(3)8-6-9(8,10)11/h7-8H,4-6H2,1-3H3. The van der Waals surface area contributed by atoms with Crippen LogP contribution in [-0.4, -0.2) is 28.4 Å². The van der Waals surface area contributed by atoms with Crippen molar-refractivity contribution in [2.24, 2.45) is 5.92 Å². The Morgan fingerprint density at radius 1 is 1.42 bits per heavy atom. The molecular formula is C9H17Cl2N.